The molecule has 1 aliphatic heterocycles. The summed E-state index contributed by atoms with van der Waals surface area (Å²) >= 11 is 0. The van der Waals surface area contributed by atoms with Gasteiger partial charge in [-0.15, -0.1) is 0 Å². The van der Waals surface area contributed by atoms with Gasteiger partial charge < -0.3 is 14.2 Å². The van der Waals surface area contributed by atoms with Crippen LogP contribution >= 0.6 is 0 Å². The van der Waals surface area contributed by atoms with E-state index in [2.05, 4.69) is 10.6 Å². The Labute approximate surface area is 153 Å². The molecule has 3 aromatic rings. The maximum absolute atomic E-state index is 12.6. The number of carbonyl (C=O) groups excluding carboxylic acids is 1. The molecule has 26 heavy (non-hydrogen) atoms. The number of anilines is 1. The quantitative estimate of drug-likeness (QED) is 0.639. The van der Waals surface area contributed by atoms with Crippen LogP contribution < -0.4 is 4.90 Å². The molecule has 1 aromatic heterocycles. The fourth-order valence-electron chi connectivity index (χ4n) is 3.68. The van der Waals surface area contributed by atoms with Crippen LogP contribution in [-0.2, 0) is 16.1 Å². The van der Waals surface area contributed by atoms with Gasteiger partial charge in [-0.05, 0) is 31.2 Å². The Bertz CT molecular complexity index is 904. The second kappa shape index (κ2) is 7.30. The van der Waals surface area contributed by atoms with E-state index in [4.69, 9.17) is 9.72 Å². The summed E-state index contributed by atoms with van der Waals surface area (Å²) < 4.78 is 7.78. The van der Waals surface area contributed by atoms with Crippen LogP contribution in [-0.4, -0.2) is 35.2 Å². The van der Waals surface area contributed by atoms with E-state index in [9.17, 15) is 4.79 Å². The van der Waals surface area contributed by atoms with Crippen molar-refractivity contribution in [1.29, 1.82) is 0 Å². The minimum Gasteiger partial charge on any atom is -0.380 e. The molecule has 2 aromatic carbocycles. The van der Waals surface area contributed by atoms with Gasteiger partial charge in [0, 0.05) is 37.7 Å². The minimum absolute atomic E-state index is 0.0942. The van der Waals surface area contributed by atoms with Crippen molar-refractivity contribution >= 4 is 22.6 Å². The van der Waals surface area contributed by atoms with Crippen LogP contribution in [0.4, 0.5) is 5.69 Å². The highest BCUT2D eigenvalue weighted by atomic mass is 16.5. The maximum atomic E-state index is 12.6. The predicted molar refractivity (Wildman–Crippen MR) is 102 cm³/mol. The van der Waals surface area contributed by atoms with Gasteiger partial charge in [0.1, 0.15) is 5.82 Å². The summed E-state index contributed by atoms with van der Waals surface area (Å²) in [5.41, 5.74) is 3.04. The van der Waals surface area contributed by atoms with E-state index >= 15 is 0 Å². The molecular formula is C21H23N3O2. The molecule has 0 bridgehead atoms. The van der Waals surface area contributed by atoms with E-state index in [0.717, 1.165) is 29.1 Å². The Hall–Kier alpha value is -2.66. The number of carbonyl (C=O) groups is 1. The van der Waals surface area contributed by atoms with Crippen LogP contribution in [0.3, 0.4) is 0 Å². The highest BCUT2D eigenvalue weighted by molar-refractivity contribution is 5.96. The standard InChI is InChI=1S/C21H23N3O2/c1-2-26-13-12-23-19-11-7-6-10-18(19)22-21(23)16-14-20(25)24(15-16)17-8-4-3-5-9-17/h3-11,16H,2,12-15H2,1H3/t16-/m0/s1. The number of hydrogen-bond acceptors (Lipinski definition) is 3. The SMILES string of the molecule is CCOCCn1c([C@H]2CC(=O)N(c3ccccc3)C2)nc2ccccc21. The number of fused-ring (bicyclic) bond motifs is 1. The minimum atomic E-state index is 0.0942. The number of nitrogens with zero attached hydrogens (tertiary/aromatic N) is 3. The Morgan fingerprint density at radius 3 is 2.69 bits per heavy atom. The normalized spacial score (nSPS) is 17.3. The molecule has 5 heteroatoms. The van der Waals surface area contributed by atoms with Crippen LogP contribution in [0.25, 0.3) is 11.0 Å². The summed E-state index contributed by atoms with van der Waals surface area (Å²) in [5, 5.41) is 0. The predicted octanol–water partition coefficient (Wildman–Crippen LogP) is 3.59. The van der Waals surface area contributed by atoms with Crippen molar-refractivity contribution in [3.8, 4) is 0 Å². The number of ether oxygens (including phenoxy) is 1. The van der Waals surface area contributed by atoms with E-state index < -0.39 is 0 Å². The molecule has 2 heterocycles. The molecule has 0 spiro atoms. The lowest BCUT2D eigenvalue weighted by molar-refractivity contribution is -0.117. The number of hydrogen-bond donors (Lipinski definition) is 0. The van der Waals surface area contributed by atoms with Crippen molar-refractivity contribution in [1.82, 2.24) is 9.55 Å². The molecule has 1 amide bonds. The summed E-state index contributed by atoms with van der Waals surface area (Å²) in [7, 11) is 0. The molecule has 0 N–H and O–H groups in total. The van der Waals surface area contributed by atoms with Gasteiger partial charge in [-0.3, -0.25) is 4.79 Å². The van der Waals surface area contributed by atoms with Crippen LogP contribution in [0.1, 0.15) is 25.1 Å². The molecule has 0 radical (unpaired) electrons. The fraction of sp³-hybridized carbons (Fsp3) is 0.333. The van der Waals surface area contributed by atoms with Crippen molar-refractivity contribution in [3.63, 3.8) is 0 Å². The summed E-state index contributed by atoms with van der Waals surface area (Å²) in [6, 6.07) is 18.0. The van der Waals surface area contributed by atoms with Crippen LogP contribution in [0.2, 0.25) is 0 Å². The molecule has 1 aliphatic rings. The molecule has 4 rings (SSSR count). The summed E-state index contributed by atoms with van der Waals surface area (Å²) in [5.74, 6) is 1.24. The molecular weight excluding hydrogens is 326 g/mol. The third-order valence-electron chi connectivity index (χ3n) is 4.91. The maximum Gasteiger partial charge on any atom is 0.227 e. The van der Waals surface area contributed by atoms with Crippen molar-refractivity contribution in [2.24, 2.45) is 0 Å². The van der Waals surface area contributed by atoms with E-state index in [-0.39, 0.29) is 11.8 Å². The number of rotatable bonds is 6. The van der Waals surface area contributed by atoms with E-state index in [1.54, 1.807) is 0 Å². The van der Waals surface area contributed by atoms with Crippen LogP contribution in [0, 0.1) is 0 Å². The lowest BCUT2D eigenvalue weighted by Gasteiger charge is -2.17. The smallest absolute Gasteiger partial charge is 0.227 e. The largest absolute Gasteiger partial charge is 0.380 e. The molecule has 134 valence electrons. The van der Waals surface area contributed by atoms with Crippen molar-refractivity contribution in [2.75, 3.05) is 24.7 Å². The lowest BCUT2D eigenvalue weighted by Crippen LogP contribution is -2.24. The van der Waals surface area contributed by atoms with Crippen LogP contribution in [0.5, 0.6) is 0 Å². The second-order valence-electron chi connectivity index (χ2n) is 6.55. The van der Waals surface area contributed by atoms with E-state index in [0.29, 0.717) is 26.2 Å². The van der Waals surface area contributed by atoms with Gasteiger partial charge in [0.25, 0.3) is 0 Å². The first-order chi connectivity index (χ1) is 12.8. The first-order valence-electron chi connectivity index (χ1n) is 9.16. The first kappa shape index (κ1) is 16.8. The molecule has 1 fully saturated rings. The van der Waals surface area contributed by atoms with E-state index in [1.165, 1.54) is 0 Å². The van der Waals surface area contributed by atoms with Gasteiger partial charge >= 0.3 is 0 Å². The number of imidazole rings is 1. The zero-order valence-electron chi connectivity index (χ0n) is 15.0. The lowest BCUT2D eigenvalue weighted by atomic mass is 10.1. The van der Waals surface area contributed by atoms with Crippen molar-refractivity contribution in [3.05, 3.63) is 60.4 Å². The van der Waals surface area contributed by atoms with Crippen LogP contribution in [0.15, 0.2) is 54.6 Å². The van der Waals surface area contributed by atoms with Gasteiger partial charge in [-0.2, -0.15) is 0 Å². The average molecular weight is 349 g/mol. The van der Waals surface area contributed by atoms with Crippen molar-refractivity contribution in [2.45, 2.75) is 25.8 Å². The second-order valence-corrected chi connectivity index (χ2v) is 6.55. The zero-order valence-corrected chi connectivity index (χ0v) is 15.0. The molecule has 1 atom stereocenters. The third-order valence-corrected chi connectivity index (χ3v) is 4.91. The molecule has 0 aliphatic carbocycles. The highest BCUT2D eigenvalue weighted by Crippen LogP contribution is 2.33. The van der Waals surface area contributed by atoms with Gasteiger partial charge in [0.2, 0.25) is 5.91 Å². The molecule has 0 unspecified atom stereocenters. The third kappa shape index (κ3) is 3.10. The van der Waals surface area contributed by atoms with Crippen molar-refractivity contribution < 1.29 is 9.53 Å². The first-order valence-corrected chi connectivity index (χ1v) is 9.16. The number of benzene rings is 2. The Kier molecular flexibility index (Phi) is 4.71. The average Bonchev–Trinajstić information content (AvgIpc) is 3.23. The fourth-order valence-corrected chi connectivity index (χ4v) is 3.68. The number of amides is 1. The topological polar surface area (TPSA) is 47.4 Å². The summed E-state index contributed by atoms with van der Waals surface area (Å²) in [6.45, 7) is 4.76. The van der Waals surface area contributed by atoms with Gasteiger partial charge in [0.15, 0.2) is 0 Å². The summed E-state index contributed by atoms with van der Waals surface area (Å²) in [6.07, 6.45) is 0.493. The Balaban J connectivity index is 1.66. The highest BCUT2D eigenvalue weighted by Gasteiger charge is 2.34. The monoisotopic (exact) mass is 349 g/mol. The van der Waals surface area contributed by atoms with E-state index in [1.807, 2.05) is 60.4 Å². The van der Waals surface area contributed by atoms with Gasteiger partial charge in [0.05, 0.1) is 17.6 Å². The Morgan fingerprint density at radius 2 is 1.88 bits per heavy atom. The number of aromatic nitrogens is 2. The van der Waals surface area contributed by atoms with Gasteiger partial charge in [-0.25, -0.2) is 4.98 Å². The summed E-state index contributed by atoms with van der Waals surface area (Å²) in [4.78, 5) is 19.3. The molecule has 5 nitrogen and oxygen atoms in total. The zero-order chi connectivity index (χ0) is 17.9. The molecule has 0 saturated carbocycles. The number of para-hydroxylation sites is 3. The van der Waals surface area contributed by atoms with Gasteiger partial charge in [-0.1, -0.05) is 30.3 Å². The Morgan fingerprint density at radius 1 is 1.12 bits per heavy atom. The molecule has 1 saturated heterocycles.